The van der Waals surface area contributed by atoms with Crippen LogP contribution in [0.25, 0.3) is 0 Å². The second kappa shape index (κ2) is 9.30. The number of anilines is 3. The fourth-order valence-corrected chi connectivity index (χ4v) is 2.02. The maximum atomic E-state index is 9.03. The number of nitrogens with zero attached hydrogens (tertiary/aromatic N) is 4. The number of rotatable bonds is 10. The van der Waals surface area contributed by atoms with E-state index in [1.54, 1.807) is 0 Å². The van der Waals surface area contributed by atoms with Crippen LogP contribution < -0.4 is 21.5 Å². The SMILES string of the molecule is CCC(CCO)CNc1nc(NN)nc(N(CC)CC)n1. The van der Waals surface area contributed by atoms with Gasteiger partial charge in [0.1, 0.15) is 0 Å². The van der Waals surface area contributed by atoms with Crippen molar-refractivity contribution in [2.75, 3.05) is 41.9 Å². The summed E-state index contributed by atoms with van der Waals surface area (Å²) in [5.74, 6) is 7.24. The summed E-state index contributed by atoms with van der Waals surface area (Å²) in [6.07, 6.45) is 1.75. The van der Waals surface area contributed by atoms with E-state index in [-0.39, 0.29) is 6.61 Å². The number of nitrogens with one attached hydrogen (secondary N) is 2. The largest absolute Gasteiger partial charge is 0.396 e. The van der Waals surface area contributed by atoms with Crippen LogP contribution >= 0.6 is 0 Å². The molecule has 0 aliphatic heterocycles. The summed E-state index contributed by atoms with van der Waals surface area (Å²) in [6.45, 7) is 8.72. The maximum Gasteiger partial charge on any atom is 0.243 e. The normalized spacial score (nSPS) is 12.0. The van der Waals surface area contributed by atoms with E-state index in [2.05, 4.69) is 32.6 Å². The van der Waals surface area contributed by atoms with E-state index in [9.17, 15) is 0 Å². The molecule has 0 bridgehead atoms. The van der Waals surface area contributed by atoms with Gasteiger partial charge in [-0.1, -0.05) is 13.3 Å². The molecule has 1 rings (SSSR count). The van der Waals surface area contributed by atoms with Crippen LogP contribution in [0.4, 0.5) is 17.8 Å². The van der Waals surface area contributed by atoms with Crippen molar-refractivity contribution in [2.24, 2.45) is 11.8 Å². The van der Waals surface area contributed by atoms with Crippen molar-refractivity contribution in [3.63, 3.8) is 0 Å². The molecular weight excluding hydrogens is 270 g/mol. The van der Waals surface area contributed by atoms with E-state index in [1.807, 2.05) is 18.7 Å². The number of aromatic nitrogens is 3. The molecule has 1 aromatic rings. The highest BCUT2D eigenvalue weighted by molar-refractivity contribution is 5.43. The molecule has 1 aromatic heterocycles. The lowest BCUT2D eigenvalue weighted by Crippen LogP contribution is -2.26. The third-order valence-corrected chi connectivity index (χ3v) is 3.46. The van der Waals surface area contributed by atoms with Crippen LogP contribution in [0.1, 0.15) is 33.6 Å². The molecule has 0 aliphatic rings. The van der Waals surface area contributed by atoms with E-state index < -0.39 is 0 Å². The van der Waals surface area contributed by atoms with Crippen LogP contribution in [0, 0.1) is 5.92 Å². The van der Waals surface area contributed by atoms with Gasteiger partial charge in [0.25, 0.3) is 0 Å². The van der Waals surface area contributed by atoms with Gasteiger partial charge in [0, 0.05) is 26.2 Å². The van der Waals surface area contributed by atoms with Gasteiger partial charge in [-0.3, -0.25) is 5.43 Å². The molecule has 8 heteroatoms. The van der Waals surface area contributed by atoms with Gasteiger partial charge in [-0.2, -0.15) is 15.0 Å². The second-order valence-corrected chi connectivity index (χ2v) is 4.77. The Kier molecular flexibility index (Phi) is 7.70. The summed E-state index contributed by atoms with van der Waals surface area (Å²) in [6, 6.07) is 0. The predicted octanol–water partition coefficient (Wildman–Crippen LogP) is 0.824. The van der Waals surface area contributed by atoms with Crippen molar-refractivity contribution in [1.82, 2.24) is 15.0 Å². The minimum atomic E-state index is 0.192. The molecule has 0 fully saturated rings. The zero-order valence-electron chi connectivity index (χ0n) is 13.1. The summed E-state index contributed by atoms with van der Waals surface area (Å²) < 4.78 is 0. The van der Waals surface area contributed by atoms with Gasteiger partial charge in [-0.05, 0) is 26.2 Å². The number of hydrogen-bond donors (Lipinski definition) is 4. The van der Waals surface area contributed by atoms with Crippen LogP contribution in [0.15, 0.2) is 0 Å². The minimum absolute atomic E-state index is 0.192. The molecule has 0 aromatic carbocycles. The lowest BCUT2D eigenvalue weighted by Gasteiger charge is -2.20. The zero-order chi connectivity index (χ0) is 15.7. The van der Waals surface area contributed by atoms with E-state index in [1.165, 1.54) is 0 Å². The zero-order valence-corrected chi connectivity index (χ0v) is 13.1. The van der Waals surface area contributed by atoms with Gasteiger partial charge >= 0.3 is 0 Å². The Morgan fingerprint density at radius 1 is 1.14 bits per heavy atom. The van der Waals surface area contributed by atoms with Crippen LogP contribution in [0.3, 0.4) is 0 Å². The molecule has 21 heavy (non-hydrogen) atoms. The van der Waals surface area contributed by atoms with Gasteiger partial charge in [-0.15, -0.1) is 0 Å². The highest BCUT2D eigenvalue weighted by Crippen LogP contribution is 2.14. The van der Waals surface area contributed by atoms with Crippen molar-refractivity contribution in [1.29, 1.82) is 0 Å². The van der Waals surface area contributed by atoms with E-state index in [0.29, 0.717) is 30.3 Å². The first kappa shape index (κ1) is 17.4. The summed E-state index contributed by atoms with van der Waals surface area (Å²) in [5.41, 5.74) is 2.47. The van der Waals surface area contributed by atoms with Gasteiger partial charge < -0.3 is 15.3 Å². The molecule has 0 spiro atoms. The predicted molar refractivity (Wildman–Crippen MR) is 85.2 cm³/mol. The molecule has 120 valence electrons. The molecule has 0 saturated carbocycles. The maximum absolute atomic E-state index is 9.03. The quantitative estimate of drug-likeness (QED) is 0.371. The Morgan fingerprint density at radius 3 is 2.33 bits per heavy atom. The lowest BCUT2D eigenvalue weighted by molar-refractivity contribution is 0.258. The summed E-state index contributed by atoms with van der Waals surface area (Å²) in [7, 11) is 0. The van der Waals surface area contributed by atoms with Crippen LogP contribution in [-0.2, 0) is 0 Å². The Hall–Kier alpha value is -1.67. The first-order valence-electron chi connectivity index (χ1n) is 7.50. The smallest absolute Gasteiger partial charge is 0.243 e. The fraction of sp³-hybridized carbons (Fsp3) is 0.769. The van der Waals surface area contributed by atoms with Crippen LogP contribution in [0.5, 0.6) is 0 Å². The van der Waals surface area contributed by atoms with Crippen molar-refractivity contribution in [2.45, 2.75) is 33.6 Å². The average molecular weight is 297 g/mol. The number of hydrazine groups is 1. The number of hydrogen-bond acceptors (Lipinski definition) is 8. The molecule has 0 amide bonds. The first-order chi connectivity index (χ1) is 10.2. The summed E-state index contributed by atoms with van der Waals surface area (Å²) >= 11 is 0. The highest BCUT2D eigenvalue weighted by atomic mass is 16.3. The van der Waals surface area contributed by atoms with Crippen LogP contribution in [0.2, 0.25) is 0 Å². The summed E-state index contributed by atoms with van der Waals surface area (Å²) in [4.78, 5) is 14.9. The Balaban J connectivity index is 2.83. The third-order valence-electron chi connectivity index (χ3n) is 3.46. The third kappa shape index (κ3) is 5.31. The molecular formula is C13H27N7O. The summed E-state index contributed by atoms with van der Waals surface area (Å²) in [5, 5.41) is 12.2. The van der Waals surface area contributed by atoms with E-state index in [0.717, 1.165) is 25.9 Å². The highest BCUT2D eigenvalue weighted by Gasteiger charge is 2.12. The van der Waals surface area contributed by atoms with Crippen molar-refractivity contribution >= 4 is 17.8 Å². The average Bonchev–Trinajstić information content (AvgIpc) is 2.52. The Bertz CT molecular complexity index is 412. The first-order valence-corrected chi connectivity index (χ1v) is 7.50. The molecule has 1 unspecified atom stereocenters. The van der Waals surface area contributed by atoms with Crippen molar-refractivity contribution in [3.8, 4) is 0 Å². The molecule has 1 heterocycles. The Morgan fingerprint density at radius 2 is 1.81 bits per heavy atom. The number of aliphatic hydroxyl groups is 1. The van der Waals surface area contributed by atoms with Gasteiger partial charge in [0.15, 0.2) is 0 Å². The molecule has 0 radical (unpaired) electrons. The molecule has 0 saturated heterocycles. The minimum Gasteiger partial charge on any atom is -0.396 e. The van der Waals surface area contributed by atoms with Gasteiger partial charge in [0.2, 0.25) is 17.8 Å². The number of aliphatic hydroxyl groups excluding tert-OH is 1. The van der Waals surface area contributed by atoms with Gasteiger partial charge in [-0.25, -0.2) is 5.84 Å². The van der Waals surface area contributed by atoms with E-state index in [4.69, 9.17) is 10.9 Å². The standard InChI is InChI=1S/C13H27N7O/c1-4-10(7-8-21)9-15-11-16-12(19-14)18-13(17-11)20(5-2)6-3/h10,21H,4-9,14H2,1-3H3,(H2,15,16,17,18,19). The van der Waals surface area contributed by atoms with E-state index >= 15 is 0 Å². The van der Waals surface area contributed by atoms with Gasteiger partial charge in [0.05, 0.1) is 0 Å². The molecule has 8 nitrogen and oxygen atoms in total. The molecule has 0 aliphatic carbocycles. The lowest BCUT2D eigenvalue weighted by atomic mass is 10.0. The van der Waals surface area contributed by atoms with Crippen LogP contribution in [-0.4, -0.2) is 46.3 Å². The molecule has 1 atom stereocenters. The second-order valence-electron chi connectivity index (χ2n) is 4.77. The fourth-order valence-electron chi connectivity index (χ4n) is 2.02. The van der Waals surface area contributed by atoms with Crippen molar-refractivity contribution < 1.29 is 5.11 Å². The molecule has 5 N–H and O–H groups in total. The number of nitrogen functional groups attached to an aromatic ring is 1. The van der Waals surface area contributed by atoms with Crippen molar-refractivity contribution in [3.05, 3.63) is 0 Å². The topological polar surface area (TPSA) is 112 Å². The Labute approximate surface area is 126 Å². The monoisotopic (exact) mass is 297 g/mol. The number of nitrogens with two attached hydrogens (primary N) is 1.